The van der Waals surface area contributed by atoms with Gasteiger partial charge in [0.05, 0.1) is 0 Å². The number of amides is 1. The monoisotopic (exact) mass is 279 g/mol. The topological polar surface area (TPSA) is 64.6 Å². The van der Waals surface area contributed by atoms with Crippen molar-refractivity contribution in [3.8, 4) is 0 Å². The molecule has 1 N–H and O–H groups in total. The molecule has 0 fully saturated rings. The van der Waals surface area contributed by atoms with Gasteiger partial charge in [0.1, 0.15) is 13.2 Å². The number of nitrogens with one attached hydrogen (secondary N) is 1. The van der Waals surface area contributed by atoms with Crippen LogP contribution < -0.4 is 5.32 Å². The highest BCUT2D eigenvalue weighted by molar-refractivity contribution is 5.77. The smallest absolute Gasteiger partial charge is 0.305 e. The maximum Gasteiger partial charge on any atom is 0.305 e. The van der Waals surface area contributed by atoms with E-state index >= 15 is 0 Å². The maximum atomic E-state index is 11.2. The van der Waals surface area contributed by atoms with E-state index in [0.29, 0.717) is 13.0 Å². The Kier molecular flexibility index (Phi) is 7.35. The van der Waals surface area contributed by atoms with Crippen molar-refractivity contribution < 1.29 is 19.1 Å². The average molecular weight is 279 g/mol. The van der Waals surface area contributed by atoms with E-state index in [1.54, 1.807) is 6.92 Å². The van der Waals surface area contributed by atoms with Crippen LogP contribution in [0.5, 0.6) is 0 Å². The summed E-state index contributed by atoms with van der Waals surface area (Å²) < 4.78 is 9.81. The van der Waals surface area contributed by atoms with Crippen LogP contribution in [0.2, 0.25) is 0 Å². The van der Waals surface area contributed by atoms with Gasteiger partial charge in [-0.2, -0.15) is 0 Å². The zero-order chi connectivity index (χ0) is 14.8. The summed E-state index contributed by atoms with van der Waals surface area (Å²) in [6.45, 7) is 2.69. The number of esters is 1. The predicted octanol–water partition coefficient (Wildman–Crippen LogP) is 1.44. The highest BCUT2D eigenvalue weighted by Crippen LogP contribution is 2.07. The first kappa shape index (κ1) is 16.2. The lowest BCUT2D eigenvalue weighted by atomic mass is 10.1. The maximum absolute atomic E-state index is 11.2. The third kappa shape index (κ3) is 6.33. The third-order valence-corrected chi connectivity index (χ3v) is 2.69. The fraction of sp³-hybridized carbons (Fsp3) is 0.467. The van der Waals surface area contributed by atoms with Crippen LogP contribution in [-0.2, 0) is 32.1 Å². The van der Waals surface area contributed by atoms with Crippen LogP contribution in [0.25, 0.3) is 0 Å². The fourth-order valence-corrected chi connectivity index (χ4v) is 1.67. The minimum Gasteiger partial charge on any atom is -0.461 e. The normalized spacial score (nSPS) is 10.1. The molecule has 1 rings (SSSR count). The summed E-state index contributed by atoms with van der Waals surface area (Å²) in [5, 5.41) is 2.76. The molecular weight excluding hydrogens is 258 g/mol. The standard InChI is InChI=1S/C15H21NO4/c1-3-15(18)20-10-13-6-4-5-12(9-13)7-8-16-14(17)11-19-2/h4-6,9H,3,7-8,10-11H2,1-2H3,(H,16,17). The summed E-state index contributed by atoms with van der Waals surface area (Å²) in [6.07, 6.45) is 1.11. The molecule has 0 saturated heterocycles. The summed E-state index contributed by atoms with van der Waals surface area (Å²) in [4.78, 5) is 22.3. The van der Waals surface area contributed by atoms with Gasteiger partial charge < -0.3 is 14.8 Å². The molecule has 5 heteroatoms. The van der Waals surface area contributed by atoms with Gasteiger partial charge >= 0.3 is 5.97 Å². The SMILES string of the molecule is CCC(=O)OCc1cccc(CCNC(=O)COC)c1. The van der Waals surface area contributed by atoms with Gasteiger partial charge in [-0.1, -0.05) is 31.2 Å². The molecule has 0 aromatic heterocycles. The Morgan fingerprint density at radius 2 is 2.00 bits per heavy atom. The lowest BCUT2D eigenvalue weighted by molar-refractivity contribution is -0.144. The first-order valence-corrected chi connectivity index (χ1v) is 6.64. The molecule has 0 atom stereocenters. The Balaban J connectivity index is 2.39. The Labute approximate surface area is 119 Å². The molecule has 0 aliphatic carbocycles. The Morgan fingerprint density at radius 1 is 1.25 bits per heavy atom. The van der Waals surface area contributed by atoms with Crippen molar-refractivity contribution in [3.63, 3.8) is 0 Å². The molecule has 1 aromatic carbocycles. The second-order valence-electron chi connectivity index (χ2n) is 4.37. The summed E-state index contributed by atoms with van der Waals surface area (Å²) in [6, 6.07) is 7.79. The van der Waals surface area contributed by atoms with Crippen molar-refractivity contribution in [2.24, 2.45) is 0 Å². The van der Waals surface area contributed by atoms with Crippen LogP contribution in [0.15, 0.2) is 24.3 Å². The van der Waals surface area contributed by atoms with Crippen LogP contribution in [0.3, 0.4) is 0 Å². The molecule has 0 radical (unpaired) electrons. The van der Waals surface area contributed by atoms with Crippen molar-refractivity contribution >= 4 is 11.9 Å². The van der Waals surface area contributed by atoms with Crippen molar-refractivity contribution in [1.29, 1.82) is 0 Å². The fourth-order valence-electron chi connectivity index (χ4n) is 1.67. The van der Waals surface area contributed by atoms with E-state index in [-0.39, 0.29) is 25.1 Å². The van der Waals surface area contributed by atoms with Crippen molar-refractivity contribution in [2.75, 3.05) is 20.3 Å². The van der Waals surface area contributed by atoms with Crippen LogP contribution >= 0.6 is 0 Å². The quantitative estimate of drug-likeness (QED) is 0.731. The van der Waals surface area contributed by atoms with E-state index in [9.17, 15) is 9.59 Å². The van der Waals surface area contributed by atoms with Gasteiger partial charge in [-0.15, -0.1) is 0 Å². The van der Waals surface area contributed by atoms with Gasteiger partial charge in [0.2, 0.25) is 5.91 Å². The number of carbonyl (C=O) groups excluding carboxylic acids is 2. The third-order valence-electron chi connectivity index (χ3n) is 2.69. The molecule has 0 heterocycles. The van der Waals surface area contributed by atoms with Crippen molar-refractivity contribution in [3.05, 3.63) is 35.4 Å². The predicted molar refractivity (Wildman–Crippen MR) is 75.1 cm³/mol. The van der Waals surface area contributed by atoms with Crippen LogP contribution in [0.1, 0.15) is 24.5 Å². The van der Waals surface area contributed by atoms with E-state index < -0.39 is 0 Å². The number of methoxy groups -OCH3 is 1. The lowest BCUT2D eigenvalue weighted by Gasteiger charge is -2.07. The molecule has 0 saturated carbocycles. The molecule has 1 amide bonds. The highest BCUT2D eigenvalue weighted by atomic mass is 16.5. The van der Waals surface area contributed by atoms with Crippen LogP contribution in [0, 0.1) is 0 Å². The van der Waals surface area contributed by atoms with E-state index in [1.807, 2.05) is 24.3 Å². The largest absolute Gasteiger partial charge is 0.461 e. The number of benzene rings is 1. The van der Waals surface area contributed by atoms with Crippen LogP contribution in [-0.4, -0.2) is 32.1 Å². The number of rotatable bonds is 8. The molecule has 1 aromatic rings. The Hall–Kier alpha value is -1.88. The molecule has 0 bridgehead atoms. The van der Waals surface area contributed by atoms with E-state index in [4.69, 9.17) is 9.47 Å². The Bertz CT molecular complexity index is 445. The number of ether oxygens (including phenoxy) is 2. The second-order valence-corrected chi connectivity index (χ2v) is 4.37. The number of carbonyl (C=O) groups is 2. The van der Waals surface area contributed by atoms with Gasteiger partial charge in [-0.25, -0.2) is 0 Å². The molecule has 0 unspecified atom stereocenters. The molecule has 0 aliphatic heterocycles. The van der Waals surface area contributed by atoms with E-state index in [0.717, 1.165) is 17.5 Å². The average Bonchev–Trinajstić information content (AvgIpc) is 2.45. The molecule has 5 nitrogen and oxygen atoms in total. The second kappa shape index (κ2) is 9.09. The first-order chi connectivity index (χ1) is 9.65. The molecule has 110 valence electrons. The van der Waals surface area contributed by atoms with Gasteiger partial charge in [-0.3, -0.25) is 9.59 Å². The van der Waals surface area contributed by atoms with Gasteiger partial charge in [0, 0.05) is 20.1 Å². The van der Waals surface area contributed by atoms with Crippen molar-refractivity contribution in [1.82, 2.24) is 5.32 Å². The molecule has 0 aliphatic rings. The van der Waals surface area contributed by atoms with Gasteiger partial charge in [0.25, 0.3) is 0 Å². The minimum atomic E-state index is -0.206. The summed E-state index contributed by atoms with van der Waals surface area (Å²) >= 11 is 0. The lowest BCUT2D eigenvalue weighted by Crippen LogP contribution is -2.28. The van der Waals surface area contributed by atoms with E-state index in [2.05, 4.69) is 5.32 Å². The zero-order valence-corrected chi connectivity index (χ0v) is 12.0. The van der Waals surface area contributed by atoms with Crippen molar-refractivity contribution in [2.45, 2.75) is 26.4 Å². The zero-order valence-electron chi connectivity index (χ0n) is 12.0. The summed E-state index contributed by atoms with van der Waals surface area (Å²) in [5.41, 5.74) is 2.04. The molecule has 20 heavy (non-hydrogen) atoms. The van der Waals surface area contributed by atoms with E-state index in [1.165, 1.54) is 7.11 Å². The first-order valence-electron chi connectivity index (χ1n) is 6.64. The molecular formula is C15H21NO4. The number of hydrogen-bond acceptors (Lipinski definition) is 4. The highest BCUT2D eigenvalue weighted by Gasteiger charge is 2.02. The molecule has 0 spiro atoms. The Morgan fingerprint density at radius 3 is 2.70 bits per heavy atom. The van der Waals surface area contributed by atoms with Crippen LogP contribution in [0.4, 0.5) is 0 Å². The summed E-state index contributed by atoms with van der Waals surface area (Å²) in [7, 11) is 1.49. The summed E-state index contributed by atoms with van der Waals surface area (Å²) in [5.74, 6) is -0.331. The number of hydrogen-bond donors (Lipinski definition) is 1. The minimum absolute atomic E-state index is 0.0764. The van der Waals surface area contributed by atoms with Gasteiger partial charge in [-0.05, 0) is 17.5 Å². The van der Waals surface area contributed by atoms with Gasteiger partial charge in [0.15, 0.2) is 0 Å².